The van der Waals surface area contributed by atoms with Crippen LogP contribution in [0.15, 0.2) is 5.38 Å². The van der Waals surface area contributed by atoms with Crippen LogP contribution in [0.25, 0.3) is 0 Å². The highest BCUT2D eigenvalue weighted by atomic mass is 32.1. The topological polar surface area (TPSA) is 45.2 Å². The molecule has 1 amide bonds. The smallest absolute Gasteiger partial charge is 0.230 e. The summed E-state index contributed by atoms with van der Waals surface area (Å²) in [4.78, 5) is 18.4. The number of aromatic nitrogens is 1. The van der Waals surface area contributed by atoms with E-state index in [1.54, 1.807) is 16.2 Å². The number of carbonyl (C=O) groups excluding carboxylic acids is 1. The molecule has 1 atom stereocenters. The van der Waals surface area contributed by atoms with Crippen molar-refractivity contribution in [1.82, 2.24) is 10.3 Å². The number of thiazole rings is 1. The molecule has 0 aromatic carbocycles. The molecule has 1 fully saturated rings. The van der Waals surface area contributed by atoms with Gasteiger partial charge in [-0.3, -0.25) is 9.69 Å². The highest BCUT2D eigenvalue weighted by molar-refractivity contribution is 7.14. The van der Waals surface area contributed by atoms with Gasteiger partial charge < -0.3 is 5.32 Å². The molecule has 2 heterocycles. The van der Waals surface area contributed by atoms with E-state index in [1.165, 1.54) is 6.42 Å². The largest absolute Gasteiger partial charge is 0.313 e. The van der Waals surface area contributed by atoms with Gasteiger partial charge in [-0.2, -0.15) is 0 Å². The van der Waals surface area contributed by atoms with E-state index in [0.717, 1.165) is 23.8 Å². The second-order valence-corrected chi connectivity index (χ2v) is 5.24. The van der Waals surface area contributed by atoms with Gasteiger partial charge in [0.25, 0.3) is 0 Å². The van der Waals surface area contributed by atoms with Gasteiger partial charge in [0.2, 0.25) is 5.91 Å². The van der Waals surface area contributed by atoms with E-state index in [4.69, 9.17) is 0 Å². The van der Waals surface area contributed by atoms with Crippen LogP contribution in [-0.4, -0.2) is 30.0 Å². The Labute approximate surface area is 106 Å². The van der Waals surface area contributed by atoms with Crippen LogP contribution < -0.4 is 10.2 Å². The molecule has 5 heteroatoms. The Morgan fingerprint density at radius 1 is 1.71 bits per heavy atom. The van der Waals surface area contributed by atoms with Gasteiger partial charge in [0, 0.05) is 24.4 Å². The Hall–Kier alpha value is -0.940. The van der Waals surface area contributed by atoms with Gasteiger partial charge in [-0.05, 0) is 33.2 Å². The van der Waals surface area contributed by atoms with Crippen LogP contribution in [0.4, 0.5) is 5.13 Å². The molecule has 0 saturated carbocycles. The van der Waals surface area contributed by atoms with Crippen molar-refractivity contribution in [2.24, 2.45) is 0 Å². The van der Waals surface area contributed by atoms with Crippen LogP contribution in [0.2, 0.25) is 0 Å². The summed E-state index contributed by atoms with van der Waals surface area (Å²) in [5.41, 5.74) is 0.982. The summed E-state index contributed by atoms with van der Waals surface area (Å²) in [6.45, 7) is 5.69. The summed E-state index contributed by atoms with van der Waals surface area (Å²) in [6, 6.07) is 0.359. The van der Waals surface area contributed by atoms with Crippen molar-refractivity contribution >= 4 is 22.4 Å². The van der Waals surface area contributed by atoms with E-state index in [0.29, 0.717) is 19.0 Å². The van der Waals surface area contributed by atoms with Gasteiger partial charge in [0.1, 0.15) is 0 Å². The maximum Gasteiger partial charge on any atom is 0.230 e. The maximum absolute atomic E-state index is 12.2. The number of carbonyl (C=O) groups is 1. The van der Waals surface area contributed by atoms with E-state index in [2.05, 4.69) is 10.3 Å². The standard InChI is InChI=1S/C12H19N3OS/c1-3-15(12-14-9(2)8-17-12)11(16)7-10-5-4-6-13-10/h8,10,13H,3-7H2,1-2H3. The number of anilines is 1. The zero-order valence-electron chi connectivity index (χ0n) is 10.4. The SMILES string of the molecule is CCN(C(=O)CC1CCCN1)c1nc(C)cs1. The minimum absolute atomic E-state index is 0.182. The fraction of sp³-hybridized carbons (Fsp3) is 0.667. The number of amides is 1. The van der Waals surface area contributed by atoms with Crippen molar-refractivity contribution < 1.29 is 4.79 Å². The number of aryl methyl sites for hydroxylation is 1. The molecule has 0 radical (unpaired) electrons. The molecule has 94 valence electrons. The van der Waals surface area contributed by atoms with Crippen molar-refractivity contribution in [3.8, 4) is 0 Å². The molecule has 4 nitrogen and oxygen atoms in total. The van der Waals surface area contributed by atoms with Crippen molar-refractivity contribution in [2.45, 2.75) is 39.2 Å². The van der Waals surface area contributed by atoms with Crippen LogP contribution in [-0.2, 0) is 4.79 Å². The van der Waals surface area contributed by atoms with Gasteiger partial charge in [0.05, 0.1) is 5.69 Å². The first-order valence-electron chi connectivity index (χ1n) is 6.16. The van der Waals surface area contributed by atoms with E-state index in [1.807, 2.05) is 19.2 Å². The Bertz CT molecular complexity index is 385. The summed E-state index contributed by atoms with van der Waals surface area (Å²) >= 11 is 1.54. The van der Waals surface area contributed by atoms with Crippen molar-refractivity contribution in [2.75, 3.05) is 18.0 Å². The number of rotatable bonds is 4. The van der Waals surface area contributed by atoms with Gasteiger partial charge in [-0.25, -0.2) is 4.98 Å². The Kier molecular flexibility index (Phi) is 4.12. The zero-order valence-corrected chi connectivity index (χ0v) is 11.2. The normalized spacial score (nSPS) is 19.5. The van der Waals surface area contributed by atoms with Crippen molar-refractivity contribution in [3.05, 3.63) is 11.1 Å². The highest BCUT2D eigenvalue weighted by Crippen LogP contribution is 2.21. The minimum Gasteiger partial charge on any atom is -0.313 e. The lowest BCUT2D eigenvalue weighted by Gasteiger charge is -2.19. The molecule has 17 heavy (non-hydrogen) atoms. The summed E-state index contributed by atoms with van der Waals surface area (Å²) in [6.07, 6.45) is 2.88. The van der Waals surface area contributed by atoms with Gasteiger partial charge in [0.15, 0.2) is 5.13 Å². The van der Waals surface area contributed by atoms with E-state index < -0.39 is 0 Å². The number of nitrogens with zero attached hydrogens (tertiary/aromatic N) is 2. The third-order valence-electron chi connectivity index (χ3n) is 3.04. The van der Waals surface area contributed by atoms with Gasteiger partial charge >= 0.3 is 0 Å². The molecule has 0 aliphatic carbocycles. The second-order valence-electron chi connectivity index (χ2n) is 4.41. The molecule has 1 N–H and O–H groups in total. The highest BCUT2D eigenvalue weighted by Gasteiger charge is 2.23. The maximum atomic E-state index is 12.2. The number of hydrogen-bond donors (Lipinski definition) is 1. The quantitative estimate of drug-likeness (QED) is 0.892. The minimum atomic E-state index is 0.182. The molecule has 2 rings (SSSR count). The zero-order chi connectivity index (χ0) is 12.3. The van der Waals surface area contributed by atoms with Crippen molar-refractivity contribution in [3.63, 3.8) is 0 Å². The Morgan fingerprint density at radius 3 is 3.06 bits per heavy atom. The van der Waals surface area contributed by atoms with E-state index in [9.17, 15) is 4.79 Å². The second kappa shape index (κ2) is 5.60. The monoisotopic (exact) mass is 253 g/mol. The lowest BCUT2D eigenvalue weighted by Crippen LogP contribution is -2.35. The molecular weight excluding hydrogens is 234 g/mol. The summed E-state index contributed by atoms with van der Waals surface area (Å²) in [5.74, 6) is 0.182. The average Bonchev–Trinajstić information content (AvgIpc) is 2.91. The summed E-state index contributed by atoms with van der Waals surface area (Å²) in [5, 5.41) is 6.17. The molecule has 1 saturated heterocycles. The molecule has 1 unspecified atom stereocenters. The van der Waals surface area contributed by atoms with Crippen LogP contribution in [0, 0.1) is 6.92 Å². The fourth-order valence-corrected chi connectivity index (χ4v) is 3.02. The Balaban J connectivity index is 1.99. The van der Waals surface area contributed by atoms with Crippen LogP contribution in [0.1, 0.15) is 31.9 Å². The average molecular weight is 253 g/mol. The summed E-state index contributed by atoms with van der Waals surface area (Å²) < 4.78 is 0. The molecule has 1 aromatic heterocycles. The van der Waals surface area contributed by atoms with Crippen LogP contribution >= 0.6 is 11.3 Å². The summed E-state index contributed by atoms with van der Waals surface area (Å²) in [7, 11) is 0. The molecule has 1 aliphatic heterocycles. The van der Waals surface area contributed by atoms with Gasteiger partial charge in [-0.1, -0.05) is 0 Å². The first-order chi connectivity index (χ1) is 8.20. The molecule has 0 spiro atoms. The van der Waals surface area contributed by atoms with Crippen LogP contribution in [0.3, 0.4) is 0 Å². The van der Waals surface area contributed by atoms with E-state index in [-0.39, 0.29) is 5.91 Å². The Morgan fingerprint density at radius 2 is 2.53 bits per heavy atom. The molecule has 1 aliphatic rings. The van der Waals surface area contributed by atoms with Crippen molar-refractivity contribution in [1.29, 1.82) is 0 Å². The molecule has 1 aromatic rings. The molecular formula is C12H19N3OS. The van der Waals surface area contributed by atoms with Crippen LogP contribution in [0.5, 0.6) is 0 Å². The first kappa shape index (κ1) is 12.5. The number of nitrogens with one attached hydrogen (secondary N) is 1. The molecule has 0 bridgehead atoms. The third kappa shape index (κ3) is 3.04. The fourth-order valence-electron chi connectivity index (χ4n) is 2.14. The lowest BCUT2D eigenvalue weighted by atomic mass is 10.1. The lowest BCUT2D eigenvalue weighted by molar-refractivity contribution is -0.119. The van der Waals surface area contributed by atoms with Gasteiger partial charge in [-0.15, -0.1) is 11.3 Å². The first-order valence-corrected chi connectivity index (χ1v) is 7.04. The number of hydrogen-bond acceptors (Lipinski definition) is 4. The predicted octanol–water partition coefficient (Wildman–Crippen LogP) is 1.95. The third-order valence-corrected chi connectivity index (χ3v) is 4.02. The predicted molar refractivity (Wildman–Crippen MR) is 70.5 cm³/mol. The van der Waals surface area contributed by atoms with E-state index >= 15 is 0 Å².